The van der Waals surface area contributed by atoms with E-state index in [9.17, 15) is 4.39 Å². The number of rotatable bonds is 1. The molecule has 1 heterocycles. The summed E-state index contributed by atoms with van der Waals surface area (Å²) in [5.74, 6) is -0.142. The maximum atomic E-state index is 13.1. The molecule has 0 radical (unpaired) electrons. The number of ether oxygens (including phenoxy) is 1. The van der Waals surface area contributed by atoms with Crippen molar-refractivity contribution < 1.29 is 9.13 Å². The van der Waals surface area contributed by atoms with Crippen LogP contribution in [0.15, 0.2) is 4.47 Å². The first-order valence-corrected chi connectivity index (χ1v) is 4.65. The molecule has 3 nitrogen and oxygen atoms in total. The van der Waals surface area contributed by atoms with Crippen molar-refractivity contribution in [3.05, 3.63) is 10.4 Å². The highest BCUT2D eigenvalue weighted by atomic mass is 79.9. The number of hydrogen-bond donors (Lipinski definition) is 0. The molecular formula is C8H12BrFN2O. The summed E-state index contributed by atoms with van der Waals surface area (Å²) < 4.78 is 19.9. The van der Waals surface area contributed by atoms with Gasteiger partial charge in [-0.15, -0.1) is 5.10 Å². The second-order valence-corrected chi connectivity index (χ2v) is 4.49. The molecule has 1 aromatic rings. The van der Waals surface area contributed by atoms with Gasteiger partial charge in [-0.25, -0.2) is 4.68 Å². The number of methoxy groups -OCH3 is 1. The van der Waals surface area contributed by atoms with Crippen LogP contribution >= 0.6 is 15.9 Å². The summed E-state index contributed by atoms with van der Waals surface area (Å²) in [6.45, 7) is 5.78. The largest absolute Gasteiger partial charge is 0.480 e. The van der Waals surface area contributed by atoms with Gasteiger partial charge in [0.2, 0.25) is 5.88 Å². The van der Waals surface area contributed by atoms with E-state index in [4.69, 9.17) is 4.74 Å². The van der Waals surface area contributed by atoms with Crippen LogP contribution in [-0.4, -0.2) is 16.9 Å². The van der Waals surface area contributed by atoms with Crippen LogP contribution in [0, 0.1) is 5.95 Å². The SMILES string of the molecule is COc1c(Br)c(F)nn1C(C)(C)C. The van der Waals surface area contributed by atoms with Gasteiger partial charge in [-0.3, -0.25) is 0 Å². The molecule has 0 aliphatic heterocycles. The van der Waals surface area contributed by atoms with Gasteiger partial charge >= 0.3 is 0 Å². The van der Waals surface area contributed by atoms with E-state index >= 15 is 0 Å². The Balaban J connectivity index is 3.30. The summed E-state index contributed by atoms with van der Waals surface area (Å²) in [5, 5.41) is 3.73. The zero-order valence-electron chi connectivity index (χ0n) is 8.06. The molecule has 0 bridgehead atoms. The molecule has 0 saturated heterocycles. The summed E-state index contributed by atoms with van der Waals surface area (Å²) in [4.78, 5) is 0. The molecule has 1 aromatic heterocycles. The summed E-state index contributed by atoms with van der Waals surface area (Å²) in [6.07, 6.45) is 0. The molecule has 0 atom stereocenters. The van der Waals surface area contributed by atoms with Crippen molar-refractivity contribution in [1.82, 2.24) is 9.78 Å². The molecule has 0 fully saturated rings. The average Bonchev–Trinajstić information content (AvgIpc) is 2.28. The van der Waals surface area contributed by atoms with Crippen molar-refractivity contribution in [2.24, 2.45) is 0 Å². The van der Waals surface area contributed by atoms with Crippen LogP contribution in [0.4, 0.5) is 4.39 Å². The Morgan fingerprint density at radius 2 is 2.00 bits per heavy atom. The van der Waals surface area contributed by atoms with E-state index in [-0.39, 0.29) is 10.0 Å². The van der Waals surface area contributed by atoms with E-state index in [0.717, 1.165) is 0 Å². The van der Waals surface area contributed by atoms with Crippen LogP contribution in [0.25, 0.3) is 0 Å². The number of hydrogen-bond acceptors (Lipinski definition) is 2. The lowest BCUT2D eigenvalue weighted by molar-refractivity contribution is 0.277. The van der Waals surface area contributed by atoms with Gasteiger partial charge in [0.1, 0.15) is 4.47 Å². The first-order chi connectivity index (χ1) is 5.88. The molecule has 0 spiro atoms. The highest BCUT2D eigenvalue weighted by Crippen LogP contribution is 2.31. The Morgan fingerprint density at radius 1 is 1.46 bits per heavy atom. The third kappa shape index (κ3) is 1.85. The van der Waals surface area contributed by atoms with Crippen LogP contribution in [0.5, 0.6) is 5.88 Å². The smallest absolute Gasteiger partial charge is 0.250 e. The van der Waals surface area contributed by atoms with Crippen molar-refractivity contribution in [2.75, 3.05) is 7.11 Å². The normalized spacial score (nSPS) is 11.8. The Labute approximate surface area is 85.0 Å². The topological polar surface area (TPSA) is 27.1 Å². The van der Waals surface area contributed by atoms with Crippen LogP contribution in [0.3, 0.4) is 0 Å². The summed E-state index contributed by atoms with van der Waals surface area (Å²) in [7, 11) is 1.49. The van der Waals surface area contributed by atoms with Crippen LogP contribution in [-0.2, 0) is 5.54 Å². The molecule has 0 aliphatic rings. The Morgan fingerprint density at radius 3 is 2.31 bits per heavy atom. The van der Waals surface area contributed by atoms with Gasteiger partial charge in [-0.05, 0) is 36.7 Å². The molecule has 0 aromatic carbocycles. The minimum atomic E-state index is -0.549. The van der Waals surface area contributed by atoms with E-state index < -0.39 is 5.95 Å². The van der Waals surface area contributed by atoms with Crippen LogP contribution < -0.4 is 4.74 Å². The quantitative estimate of drug-likeness (QED) is 0.766. The first kappa shape index (κ1) is 10.5. The van der Waals surface area contributed by atoms with Crippen LogP contribution in [0.1, 0.15) is 20.8 Å². The fourth-order valence-corrected chi connectivity index (χ4v) is 1.40. The molecule has 0 N–H and O–H groups in total. The van der Waals surface area contributed by atoms with Gasteiger partial charge in [0, 0.05) is 0 Å². The number of halogens is 2. The second kappa shape index (κ2) is 3.29. The fourth-order valence-electron chi connectivity index (χ4n) is 0.989. The first-order valence-electron chi connectivity index (χ1n) is 3.86. The van der Waals surface area contributed by atoms with Crippen molar-refractivity contribution in [3.63, 3.8) is 0 Å². The molecule has 0 aliphatic carbocycles. The van der Waals surface area contributed by atoms with Gasteiger partial charge < -0.3 is 4.74 Å². The molecule has 0 saturated carbocycles. The van der Waals surface area contributed by atoms with Crippen molar-refractivity contribution in [1.29, 1.82) is 0 Å². The third-order valence-electron chi connectivity index (χ3n) is 1.58. The van der Waals surface area contributed by atoms with E-state index in [1.54, 1.807) is 0 Å². The summed E-state index contributed by atoms with van der Waals surface area (Å²) in [5.41, 5.74) is -0.293. The molecular weight excluding hydrogens is 239 g/mol. The lowest BCUT2D eigenvalue weighted by Crippen LogP contribution is -2.23. The summed E-state index contributed by atoms with van der Waals surface area (Å²) >= 11 is 3.07. The van der Waals surface area contributed by atoms with Gasteiger partial charge in [0.25, 0.3) is 5.95 Å². The lowest BCUT2D eigenvalue weighted by atomic mass is 10.1. The van der Waals surface area contributed by atoms with Gasteiger partial charge in [-0.2, -0.15) is 4.39 Å². The monoisotopic (exact) mass is 250 g/mol. The van der Waals surface area contributed by atoms with E-state index in [1.807, 2.05) is 20.8 Å². The predicted molar refractivity (Wildman–Crippen MR) is 51.4 cm³/mol. The molecule has 1 rings (SSSR count). The number of nitrogens with zero attached hydrogens (tertiary/aromatic N) is 2. The zero-order chi connectivity index (χ0) is 10.2. The molecule has 0 amide bonds. The maximum Gasteiger partial charge on any atom is 0.250 e. The highest BCUT2D eigenvalue weighted by Gasteiger charge is 2.24. The van der Waals surface area contributed by atoms with Crippen molar-refractivity contribution >= 4 is 15.9 Å². The van der Waals surface area contributed by atoms with Gasteiger partial charge in [0.15, 0.2) is 0 Å². The van der Waals surface area contributed by atoms with Gasteiger partial charge in [-0.1, -0.05) is 0 Å². The Hall–Kier alpha value is -0.580. The minimum absolute atomic E-state index is 0.268. The average molecular weight is 251 g/mol. The summed E-state index contributed by atoms with van der Waals surface area (Å²) in [6, 6.07) is 0. The van der Waals surface area contributed by atoms with Crippen molar-refractivity contribution in [2.45, 2.75) is 26.3 Å². The van der Waals surface area contributed by atoms with Crippen LogP contribution in [0.2, 0.25) is 0 Å². The number of aromatic nitrogens is 2. The molecule has 74 valence electrons. The van der Waals surface area contributed by atoms with Crippen molar-refractivity contribution in [3.8, 4) is 5.88 Å². The predicted octanol–water partition coefficient (Wildman–Crippen LogP) is 2.55. The van der Waals surface area contributed by atoms with E-state index in [1.165, 1.54) is 11.8 Å². The maximum absolute atomic E-state index is 13.1. The Kier molecular flexibility index (Phi) is 2.66. The third-order valence-corrected chi connectivity index (χ3v) is 2.24. The second-order valence-electron chi connectivity index (χ2n) is 3.70. The standard InChI is InChI=1S/C8H12BrFN2O/c1-8(2,3)12-7(13-4)5(9)6(10)11-12/h1-4H3. The molecule has 5 heteroatoms. The molecule has 13 heavy (non-hydrogen) atoms. The highest BCUT2D eigenvalue weighted by molar-refractivity contribution is 9.10. The minimum Gasteiger partial charge on any atom is -0.480 e. The van der Waals surface area contributed by atoms with Gasteiger partial charge in [0.05, 0.1) is 12.6 Å². The zero-order valence-corrected chi connectivity index (χ0v) is 9.64. The Bertz CT molecular complexity index is 317. The lowest BCUT2D eigenvalue weighted by Gasteiger charge is -2.20. The molecule has 0 unspecified atom stereocenters. The van der Waals surface area contributed by atoms with E-state index in [2.05, 4.69) is 21.0 Å². The fraction of sp³-hybridized carbons (Fsp3) is 0.625. The van der Waals surface area contributed by atoms with E-state index in [0.29, 0.717) is 5.88 Å².